The number of ether oxygens (including phenoxy) is 2. The fourth-order valence-electron chi connectivity index (χ4n) is 3.16. The Bertz CT molecular complexity index is 752. The number of nitrogens with zero attached hydrogens (tertiary/aromatic N) is 3. The predicted molar refractivity (Wildman–Crippen MR) is 113 cm³/mol. The molecule has 0 N–H and O–H groups in total. The highest BCUT2D eigenvalue weighted by Crippen LogP contribution is 2.17. The van der Waals surface area contributed by atoms with Crippen molar-refractivity contribution in [2.24, 2.45) is 0 Å². The topological polar surface area (TPSA) is 54.9 Å². The zero-order valence-electron chi connectivity index (χ0n) is 16.1. The van der Waals surface area contributed by atoms with Crippen molar-refractivity contribution in [3.05, 3.63) is 52.6 Å². The van der Waals surface area contributed by atoms with E-state index in [0.717, 1.165) is 55.2 Å². The van der Waals surface area contributed by atoms with E-state index in [1.165, 1.54) is 0 Å². The van der Waals surface area contributed by atoms with Crippen LogP contribution in [0, 0.1) is 0 Å². The van der Waals surface area contributed by atoms with E-state index in [-0.39, 0.29) is 5.97 Å². The minimum Gasteiger partial charge on any atom is -0.492 e. The quantitative estimate of drug-likeness (QED) is 0.604. The minimum atomic E-state index is -0.325. The summed E-state index contributed by atoms with van der Waals surface area (Å²) in [7, 11) is 0. The Morgan fingerprint density at radius 2 is 1.93 bits per heavy atom. The van der Waals surface area contributed by atoms with Crippen LogP contribution in [0.2, 0.25) is 0 Å². The summed E-state index contributed by atoms with van der Waals surface area (Å²) in [6.45, 7) is 7.61. The molecule has 2 aromatic rings. The summed E-state index contributed by atoms with van der Waals surface area (Å²) in [6.07, 6.45) is 2.67. The molecule has 0 bridgehead atoms. The van der Waals surface area contributed by atoms with Gasteiger partial charge in [0.25, 0.3) is 0 Å². The van der Waals surface area contributed by atoms with E-state index in [9.17, 15) is 4.79 Å². The van der Waals surface area contributed by atoms with E-state index in [0.29, 0.717) is 18.8 Å². The second-order valence-electron chi connectivity index (χ2n) is 6.61. The molecule has 28 heavy (non-hydrogen) atoms. The smallest absolute Gasteiger partial charge is 0.339 e. The molecule has 1 aromatic heterocycles. The second-order valence-corrected chi connectivity index (χ2v) is 7.53. The van der Waals surface area contributed by atoms with Gasteiger partial charge in [-0.05, 0) is 49.7 Å². The largest absolute Gasteiger partial charge is 0.492 e. The van der Waals surface area contributed by atoms with Gasteiger partial charge in [0.15, 0.2) is 0 Å². The van der Waals surface area contributed by atoms with Crippen LogP contribution < -0.4 is 9.64 Å². The van der Waals surface area contributed by atoms with Gasteiger partial charge in [-0.3, -0.25) is 4.90 Å². The first-order valence-corrected chi connectivity index (χ1v) is 10.4. The number of carbonyl (C=O) groups is 1. The highest BCUT2D eigenvalue weighted by atomic mass is 79.9. The number of carbonyl (C=O) groups excluding carboxylic acids is 1. The van der Waals surface area contributed by atoms with Crippen molar-refractivity contribution in [3.8, 4) is 5.75 Å². The normalized spacial score (nSPS) is 15.1. The summed E-state index contributed by atoms with van der Waals surface area (Å²) in [5.41, 5.74) is 0.493. The van der Waals surface area contributed by atoms with E-state index >= 15 is 0 Å². The summed E-state index contributed by atoms with van der Waals surface area (Å²) in [5.74, 6) is 1.47. The Morgan fingerprint density at radius 3 is 2.64 bits per heavy atom. The molecule has 1 aliphatic heterocycles. The molecular formula is C21H26BrN3O3. The highest BCUT2D eigenvalue weighted by molar-refractivity contribution is 9.10. The number of pyridine rings is 1. The standard InChI is InChI=1S/C21H26BrN3O3/c1-2-27-21(26)17-4-9-20(23-16-17)25-11-3-10-24(12-13-25)14-15-28-19-7-5-18(22)6-8-19/h4-9,16H,2-3,10-15H2,1H3. The Hall–Kier alpha value is -2.12. The Labute approximate surface area is 174 Å². The summed E-state index contributed by atoms with van der Waals surface area (Å²) >= 11 is 3.43. The molecular weight excluding hydrogens is 422 g/mol. The van der Waals surface area contributed by atoms with Gasteiger partial charge in [-0.25, -0.2) is 9.78 Å². The molecule has 3 rings (SSSR count). The van der Waals surface area contributed by atoms with Crippen LogP contribution in [0.4, 0.5) is 5.82 Å². The molecule has 150 valence electrons. The monoisotopic (exact) mass is 447 g/mol. The molecule has 0 atom stereocenters. The lowest BCUT2D eigenvalue weighted by Crippen LogP contribution is -2.33. The van der Waals surface area contributed by atoms with Crippen LogP contribution in [0.3, 0.4) is 0 Å². The number of rotatable bonds is 7. The molecule has 1 aliphatic rings. The van der Waals surface area contributed by atoms with Crippen molar-refractivity contribution in [1.29, 1.82) is 0 Å². The van der Waals surface area contributed by atoms with Gasteiger partial charge in [-0.2, -0.15) is 0 Å². The third-order valence-corrected chi connectivity index (χ3v) is 5.19. The van der Waals surface area contributed by atoms with Gasteiger partial charge in [0.05, 0.1) is 12.2 Å². The summed E-state index contributed by atoms with van der Waals surface area (Å²) in [6, 6.07) is 11.6. The first kappa shape index (κ1) is 20.6. The van der Waals surface area contributed by atoms with Gasteiger partial charge >= 0.3 is 5.97 Å². The van der Waals surface area contributed by atoms with E-state index in [1.807, 2.05) is 30.3 Å². The zero-order chi connectivity index (χ0) is 19.8. The SMILES string of the molecule is CCOC(=O)c1ccc(N2CCCN(CCOc3ccc(Br)cc3)CC2)nc1. The van der Waals surface area contributed by atoms with Gasteiger partial charge in [0.2, 0.25) is 0 Å². The van der Waals surface area contributed by atoms with E-state index < -0.39 is 0 Å². The number of esters is 1. The van der Waals surface area contributed by atoms with Crippen molar-refractivity contribution < 1.29 is 14.3 Å². The van der Waals surface area contributed by atoms with Crippen molar-refractivity contribution in [3.63, 3.8) is 0 Å². The Balaban J connectivity index is 1.46. The zero-order valence-corrected chi connectivity index (χ0v) is 17.7. The molecule has 1 aromatic carbocycles. The van der Waals surface area contributed by atoms with Crippen LogP contribution in [0.5, 0.6) is 5.75 Å². The van der Waals surface area contributed by atoms with Crippen LogP contribution in [0.1, 0.15) is 23.7 Å². The lowest BCUT2D eigenvalue weighted by molar-refractivity contribution is 0.0526. The fourth-order valence-corrected chi connectivity index (χ4v) is 3.42. The maximum atomic E-state index is 11.8. The number of benzene rings is 1. The van der Waals surface area contributed by atoms with E-state index in [1.54, 1.807) is 19.2 Å². The van der Waals surface area contributed by atoms with Crippen molar-refractivity contribution >= 4 is 27.7 Å². The van der Waals surface area contributed by atoms with Gasteiger partial charge in [0, 0.05) is 43.4 Å². The molecule has 1 saturated heterocycles. The molecule has 0 spiro atoms. The van der Waals surface area contributed by atoms with Crippen LogP contribution >= 0.6 is 15.9 Å². The molecule has 7 heteroatoms. The van der Waals surface area contributed by atoms with Crippen molar-refractivity contribution in [1.82, 2.24) is 9.88 Å². The van der Waals surface area contributed by atoms with Crippen LogP contribution in [0.15, 0.2) is 47.1 Å². The van der Waals surface area contributed by atoms with Gasteiger partial charge in [0.1, 0.15) is 18.2 Å². The molecule has 0 unspecified atom stereocenters. The number of aromatic nitrogens is 1. The Kier molecular flexibility index (Phi) is 7.68. The number of halogens is 1. The molecule has 0 amide bonds. The molecule has 0 aliphatic carbocycles. The van der Waals surface area contributed by atoms with Gasteiger partial charge in [-0.1, -0.05) is 15.9 Å². The van der Waals surface area contributed by atoms with E-state index in [4.69, 9.17) is 9.47 Å². The summed E-state index contributed by atoms with van der Waals surface area (Å²) < 4.78 is 11.9. The maximum absolute atomic E-state index is 11.8. The van der Waals surface area contributed by atoms with Crippen LogP contribution in [0.25, 0.3) is 0 Å². The highest BCUT2D eigenvalue weighted by Gasteiger charge is 2.16. The fraction of sp³-hybridized carbons (Fsp3) is 0.429. The molecule has 2 heterocycles. The average molecular weight is 448 g/mol. The second kappa shape index (κ2) is 10.4. The summed E-state index contributed by atoms with van der Waals surface area (Å²) in [4.78, 5) is 20.9. The van der Waals surface area contributed by atoms with Crippen LogP contribution in [-0.2, 0) is 4.74 Å². The third kappa shape index (κ3) is 5.94. The lowest BCUT2D eigenvalue weighted by atomic mass is 10.2. The lowest BCUT2D eigenvalue weighted by Gasteiger charge is -2.23. The maximum Gasteiger partial charge on any atom is 0.339 e. The third-order valence-electron chi connectivity index (χ3n) is 4.66. The van der Waals surface area contributed by atoms with Crippen molar-refractivity contribution in [2.75, 3.05) is 50.8 Å². The van der Waals surface area contributed by atoms with E-state index in [2.05, 4.69) is 30.7 Å². The molecule has 1 fully saturated rings. The molecule has 6 nitrogen and oxygen atoms in total. The Morgan fingerprint density at radius 1 is 1.11 bits per heavy atom. The van der Waals surface area contributed by atoms with Crippen LogP contribution in [-0.4, -0.2) is 61.8 Å². The number of hydrogen-bond acceptors (Lipinski definition) is 6. The molecule has 0 radical (unpaired) electrons. The number of hydrogen-bond donors (Lipinski definition) is 0. The predicted octanol–water partition coefficient (Wildman–Crippen LogP) is 3.61. The minimum absolute atomic E-state index is 0.325. The first-order valence-electron chi connectivity index (χ1n) is 9.64. The number of anilines is 1. The van der Waals surface area contributed by atoms with Crippen molar-refractivity contribution in [2.45, 2.75) is 13.3 Å². The van der Waals surface area contributed by atoms with Gasteiger partial charge < -0.3 is 14.4 Å². The van der Waals surface area contributed by atoms with Gasteiger partial charge in [-0.15, -0.1) is 0 Å². The molecule has 0 saturated carbocycles. The average Bonchev–Trinajstić information content (AvgIpc) is 2.96. The summed E-state index contributed by atoms with van der Waals surface area (Å²) in [5, 5.41) is 0. The first-order chi connectivity index (χ1) is 13.7.